The van der Waals surface area contributed by atoms with Crippen LogP contribution < -0.4 is 9.64 Å². The van der Waals surface area contributed by atoms with Crippen molar-refractivity contribution in [2.45, 2.75) is 30.0 Å². The first-order valence-electron chi connectivity index (χ1n) is 13.2. The van der Waals surface area contributed by atoms with Crippen LogP contribution in [0.25, 0.3) is 11.1 Å². The average Bonchev–Trinajstić information content (AvgIpc) is 3.49. The Morgan fingerprint density at radius 3 is 2.33 bits per heavy atom. The zero-order chi connectivity index (χ0) is 29.4. The Balaban J connectivity index is 1.38. The highest BCUT2D eigenvalue weighted by Gasteiger charge is 2.48. The molecule has 2 aliphatic heterocycles. The van der Waals surface area contributed by atoms with E-state index in [0.29, 0.717) is 29.5 Å². The molecule has 0 spiro atoms. The molecule has 2 heterocycles. The van der Waals surface area contributed by atoms with Crippen molar-refractivity contribution in [2.75, 3.05) is 12.0 Å². The number of hydrogen-bond donors (Lipinski definition) is 4. The third kappa shape index (κ3) is 2.77. The second kappa shape index (κ2) is 8.07. The zero-order valence-electron chi connectivity index (χ0n) is 22.2. The Morgan fingerprint density at radius 1 is 0.833 bits per heavy atom. The molecule has 0 saturated heterocycles. The van der Waals surface area contributed by atoms with Crippen LogP contribution in [0.5, 0.6) is 28.7 Å². The van der Waals surface area contributed by atoms with E-state index in [1.54, 1.807) is 4.90 Å². The number of aromatic hydroxyl groups is 4. The van der Waals surface area contributed by atoms with Crippen LogP contribution in [0, 0.1) is 6.92 Å². The van der Waals surface area contributed by atoms with Gasteiger partial charge in [-0.15, -0.1) is 0 Å². The van der Waals surface area contributed by atoms with Gasteiger partial charge in [0.2, 0.25) is 5.78 Å². The largest absolute Gasteiger partial charge is 0.508 e. The van der Waals surface area contributed by atoms with Crippen LogP contribution in [0.2, 0.25) is 0 Å². The lowest BCUT2D eigenvalue weighted by Gasteiger charge is -2.30. The second-order valence-electron chi connectivity index (χ2n) is 10.8. The molecule has 0 bridgehead atoms. The molecular weight excluding hydrogens is 558 g/mol. The van der Waals surface area contributed by atoms with E-state index in [2.05, 4.69) is 0 Å². The molecule has 4 aliphatic rings. The number of aryl methyl sites for hydroxylation is 1. The van der Waals surface area contributed by atoms with Crippen molar-refractivity contribution in [2.24, 2.45) is 0 Å². The van der Waals surface area contributed by atoms with E-state index in [0.717, 1.165) is 16.6 Å². The van der Waals surface area contributed by atoms with E-state index in [1.807, 2.05) is 30.3 Å². The molecule has 4 aromatic rings. The summed E-state index contributed by atoms with van der Waals surface area (Å²) in [4.78, 5) is 44.0. The lowest BCUT2D eigenvalue weighted by Crippen LogP contribution is -2.24. The van der Waals surface area contributed by atoms with Crippen LogP contribution in [0.3, 0.4) is 0 Å². The van der Waals surface area contributed by atoms with Gasteiger partial charge in [0.25, 0.3) is 5.91 Å². The fraction of sp³-hybridized carbons (Fsp3) is 0.156. The summed E-state index contributed by atoms with van der Waals surface area (Å²) in [5, 5.41) is 44.1. The first kappa shape index (κ1) is 24.8. The lowest BCUT2D eigenvalue weighted by atomic mass is 9.75. The van der Waals surface area contributed by atoms with E-state index in [9.17, 15) is 34.8 Å². The molecule has 8 rings (SSSR count). The normalized spacial score (nSPS) is 17.2. The molecule has 1 amide bonds. The monoisotopic (exact) mass is 579 g/mol. The number of thioether (sulfide) groups is 1. The molecule has 9 nitrogen and oxygen atoms in total. The number of rotatable bonds is 1. The third-order valence-corrected chi connectivity index (χ3v) is 10.1. The Morgan fingerprint density at radius 2 is 1.57 bits per heavy atom. The Bertz CT molecular complexity index is 2030. The number of nitrogens with zero attached hydrogens (tertiary/aromatic N) is 1. The molecule has 4 aromatic carbocycles. The number of phenols is 4. The van der Waals surface area contributed by atoms with Gasteiger partial charge in [-0.1, -0.05) is 30.0 Å². The lowest BCUT2D eigenvalue weighted by molar-refractivity contribution is 0.0971. The number of carbonyl (C=O) groups is 3. The summed E-state index contributed by atoms with van der Waals surface area (Å²) < 4.78 is 5.69. The van der Waals surface area contributed by atoms with E-state index in [-0.39, 0.29) is 73.0 Å². The third-order valence-electron chi connectivity index (χ3n) is 8.79. The molecule has 0 saturated carbocycles. The van der Waals surface area contributed by atoms with E-state index < -0.39 is 23.1 Å². The summed E-state index contributed by atoms with van der Waals surface area (Å²) in [5.74, 6) is -3.58. The summed E-state index contributed by atoms with van der Waals surface area (Å²) in [5.41, 5.74) is 1.93. The molecule has 208 valence electrons. The van der Waals surface area contributed by atoms with E-state index in [4.69, 9.17) is 4.74 Å². The zero-order valence-corrected chi connectivity index (χ0v) is 23.0. The number of amides is 1. The minimum Gasteiger partial charge on any atom is -0.508 e. The molecule has 4 N–H and O–H groups in total. The van der Waals surface area contributed by atoms with E-state index >= 15 is 0 Å². The van der Waals surface area contributed by atoms with Crippen LogP contribution in [0.1, 0.15) is 69.8 Å². The first-order valence-corrected chi connectivity index (χ1v) is 14.1. The Labute approximate surface area is 242 Å². The Hall–Kier alpha value is -4.96. The highest BCUT2D eigenvalue weighted by atomic mass is 32.2. The summed E-state index contributed by atoms with van der Waals surface area (Å²) >= 11 is 1.52. The number of anilines is 1. The minimum atomic E-state index is -0.790. The SMILES string of the molecule is COc1c2c(c(O)c3c1C(=O)c1c(cc(O)c(C)c1O)C3=O)-c1c(cc3c(c1O)C(=O)N1c4ccccc4SC31)CC2. The van der Waals surface area contributed by atoms with Gasteiger partial charge in [0.05, 0.1) is 35.1 Å². The topological polar surface area (TPSA) is 145 Å². The summed E-state index contributed by atoms with van der Waals surface area (Å²) in [7, 11) is 1.34. The molecule has 2 aliphatic carbocycles. The molecule has 1 atom stereocenters. The van der Waals surface area contributed by atoms with Gasteiger partial charge in [-0.05, 0) is 43.5 Å². The van der Waals surface area contributed by atoms with Gasteiger partial charge in [-0.25, -0.2) is 0 Å². The van der Waals surface area contributed by atoms with Crippen molar-refractivity contribution >= 4 is 34.9 Å². The number of benzene rings is 4. The smallest absolute Gasteiger partial charge is 0.263 e. The fourth-order valence-electron chi connectivity index (χ4n) is 6.85. The predicted molar refractivity (Wildman–Crippen MR) is 152 cm³/mol. The number of phenolic OH excluding ortho intramolecular Hbond substituents is 4. The minimum absolute atomic E-state index is 0.0400. The molecule has 0 aromatic heterocycles. The molecule has 10 heteroatoms. The van der Waals surface area contributed by atoms with Gasteiger partial charge in [0, 0.05) is 38.3 Å². The number of ketones is 2. The van der Waals surface area contributed by atoms with Crippen LogP contribution in [0.15, 0.2) is 41.3 Å². The standard InChI is InChI=1S/C32H21NO8S/c1-11-17(34)10-14-21(25(11)35)29(39)24-23(26(14)36)28(38)20-13(30(24)41-2)8-7-12-9-15-22(27(37)19(12)20)31(40)33-16-5-3-4-6-18(16)42-32(15)33/h3-6,9-10,32,34-35,37-38H,7-8H2,1-2H3. The van der Waals surface area contributed by atoms with Gasteiger partial charge in [0.1, 0.15) is 34.1 Å². The maximum Gasteiger partial charge on any atom is 0.263 e. The van der Waals surface area contributed by atoms with Crippen LogP contribution in [0.4, 0.5) is 5.69 Å². The number of hydrogen-bond acceptors (Lipinski definition) is 9. The van der Waals surface area contributed by atoms with Crippen LogP contribution >= 0.6 is 11.8 Å². The van der Waals surface area contributed by atoms with Crippen LogP contribution in [-0.2, 0) is 12.8 Å². The van der Waals surface area contributed by atoms with Crippen molar-refractivity contribution in [3.05, 3.63) is 86.5 Å². The number of fused-ring (bicyclic) bond motifs is 10. The van der Waals surface area contributed by atoms with Crippen molar-refractivity contribution in [1.82, 2.24) is 0 Å². The van der Waals surface area contributed by atoms with Gasteiger partial charge in [-0.2, -0.15) is 0 Å². The number of para-hydroxylation sites is 1. The number of ether oxygens (including phenoxy) is 1. The predicted octanol–water partition coefficient (Wildman–Crippen LogP) is 5.13. The summed E-state index contributed by atoms with van der Waals surface area (Å²) in [6.45, 7) is 1.42. The maximum absolute atomic E-state index is 13.8. The second-order valence-corrected chi connectivity index (χ2v) is 11.9. The van der Waals surface area contributed by atoms with Crippen molar-refractivity contribution < 1.29 is 39.5 Å². The molecule has 42 heavy (non-hydrogen) atoms. The number of carbonyl (C=O) groups excluding carboxylic acids is 3. The highest BCUT2D eigenvalue weighted by molar-refractivity contribution is 8.00. The molecule has 0 radical (unpaired) electrons. The summed E-state index contributed by atoms with van der Waals surface area (Å²) in [6, 6.07) is 10.5. The van der Waals surface area contributed by atoms with Crippen molar-refractivity contribution in [3.63, 3.8) is 0 Å². The molecule has 1 unspecified atom stereocenters. The maximum atomic E-state index is 13.8. The Kier molecular flexibility index (Phi) is 4.77. The average molecular weight is 580 g/mol. The van der Waals surface area contributed by atoms with Gasteiger partial charge in [0.15, 0.2) is 5.78 Å². The van der Waals surface area contributed by atoms with Gasteiger partial charge >= 0.3 is 0 Å². The highest BCUT2D eigenvalue weighted by Crippen LogP contribution is 2.60. The van der Waals surface area contributed by atoms with E-state index in [1.165, 1.54) is 25.8 Å². The first-order chi connectivity index (χ1) is 20.1. The quantitative estimate of drug-likeness (QED) is 0.212. The van der Waals surface area contributed by atoms with Crippen molar-refractivity contribution in [1.29, 1.82) is 0 Å². The summed E-state index contributed by atoms with van der Waals surface area (Å²) in [6.07, 6.45) is 0.725. The molecule has 0 fully saturated rings. The van der Waals surface area contributed by atoms with Gasteiger partial charge in [-0.3, -0.25) is 19.3 Å². The fourth-order valence-corrected chi connectivity index (χ4v) is 8.16. The number of methoxy groups -OCH3 is 1. The van der Waals surface area contributed by atoms with Crippen LogP contribution in [-0.4, -0.2) is 45.0 Å². The van der Waals surface area contributed by atoms with Crippen molar-refractivity contribution in [3.8, 4) is 39.9 Å². The van der Waals surface area contributed by atoms with Gasteiger partial charge < -0.3 is 25.2 Å². The molecular formula is C32H21NO8S.